The van der Waals surface area contributed by atoms with Gasteiger partial charge in [0, 0.05) is 25.2 Å². The molecule has 2 unspecified atom stereocenters. The summed E-state index contributed by atoms with van der Waals surface area (Å²) < 4.78 is 0. The largest absolute Gasteiger partial charge is 0.389 e. The third-order valence-corrected chi connectivity index (χ3v) is 4.63. The molecule has 1 saturated carbocycles. The van der Waals surface area contributed by atoms with Crippen LogP contribution in [0.15, 0.2) is 18.3 Å². The number of hydrogen-bond acceptors (Lipinski definition) is 4. The number of fused-ring (bicyclic) bond motifs is 1. The molecule has 2 heterocycles. The first-order valence-corrected chi connectivity index (χ1v) is 7.05. The van der Waals surface area contributed by atoms with Crippen molar-refractivity contribution in [2.45, 2.75) is 37.7 Å². The molecule has 0 aromatic carbocycles. The zero-order valence-electron chi connectivity index (χ0n) is 11.0. The van der Waals surface area contributed by atoms with Crippen molar-refractivity contribution in [3.8, 4) is 6.07 Å². The molecular weight excluding hydrogens is 238 g/mol. The summed E-state index contributed by atoms with van der Waals surface area (Å²) in [5.74, 6) is 1.29. The van der Waals surface area contributed by atoms with E-state index in [1.165, 1.54) is 6.42 Å². The second-order valence-electron chi connectivity index (χ2n) is 5.76. The van der Waals surface area contributed by atoms with Gasteiger partial charge in [-0.1, -0.05) is 12.8 Å². The van der Waals surface area contributed by atoms with Crippen LogP contribution in [0.2, 0.25) is 0 Å². The van der Waals surface area contributed by atoms with E-state index in [4.69, 9.17) is 5.26 Å². The second-order valence-corrected chi connectivity index (χ2v) is 5.76. The Morgan fingerprint density at radius 2 is 2.26 bits per heavy atom. The lowest BCUT2D eigenvalue weighted by atomic mass is 9.71. The summed E-state index contributed by atoms with van der Waals surface area (Å²) >= 11 is 0. The van der Waals surface area contributed by atoms with Crippen molar-refractivity contribution >= 4 is 5.82 Å². The Balaban J connectivity index is 1.75. The van der Waals surface area contributed by atoms with Gasteiger partial charge in [-0.25, -0.2) is 4.98 Å². The first-order valence-electron chi connectivity index (χ1n) is 7.05. The van der Waals surface area contributed by atoms with Gasteiger partial charge < -0.3 is 10.0 Å². The minimum Gasteiger partial charge on any atom is -0.389 e. The molecule has 100 valence electrons. The van der Waals surface area contributed by atoms with Crippen molar-refractivity contribution in [2.75, 3.05) is 18.0 Å². The minimum atomic E-state index is -0.443. The average molecular weight is 257 g/mol. The quantitative estimate of drug-likeness (QED) is 0.836. The van der Waals surface area contributed by atoms with E-state index in [0.717, 1.165) is 44.6 Å². The molecule has 0 amide bonds. The van der Waals surface area contributed by atoms with E-state index in [1.54, 1.807) is 6.20 Å². The van der Waals surface area contributed by atoms with Gasteiger partial charge in [0.2, 0.25) is 0 Å². The molecule has 19 heavy (non-hydrogen) atoms. The normalized spacial score (nSPS) is 30.5. The van der Waals surface area contributed by atoms with Crippen LogP contribution < -0.4 is 4.90 Å². The van der Waals surface area contributed by atoms with Gasteiger partial charge in [-0.05, 0) is 31.4 Å². The molecule has 2 fully saturated rings. The van der Waals surface area contributed by atoms with Gasteiger partial charge >= 0.3 is 0 Å². The summed E-state index contributed by atoms with van der Waals surface area (Å²) in [4.78, 5) is 6.60. The molecular formula is C15H19N3O. The number of pyridine rings is 1. The van der Waals surface area contributed by atoms with Crippen LogP contribution in [0.25, 0.3) is 0 Å². The fourth-order valence-electron chi connectivity index (χ4n) is 3.42. The fraction of sp³-hybridized carbons (Fsp3) is 0.600. The van der Waals surface area contributed by atoms with Crippen molar-refractivity contribution in [1.29, 1.82) is 5.26 Å². The highest BCUT2D eigenvalue weighted by Crippen LogP contribution is 2.40. The maximum absolute atomic E-state index is 10.6. The molecule has 1 N–H and O–H groups in total. The van der Waals surface area contributed by atoms with Gasteiger partial charge in [-0.3, -0.25) is 0 Å². The summed E-state index contributed by atoms with van der Waals surface area (Å²) in [6.07, 6.45) is 6.90. The molecule has 1 aliphatic carbocycles. The van der Waals surface area contributed by atoms with Gasteiger partial charge in [0.05, 0.1) is 11.2 Å². The van der Waals surface area contributed by atoms with Crippen LogP contribution in [0.4, 0.5) is 5.82 Å². The van der Waals surface area contributed by atoms with Crippen molar-refractivity contribution in [3.05, 3.63) is 23.9 Å². The number of aliphatic hydroxyl groups is 1. The molecule has 1 aromatic heterocycles. The monoisotopic (exact) mass is 257 g/mol. The van der Waals surface area contributed by atoms with Crippen LogP contribution in [0, 0.1) is 17.2 Å². The Kier molecular flexibility index (Phi) is 3.16. The summed E-state index contributed by atoms with van der Waals surface area (Å²) in [5.41, 5.74) is 0.149. The Labute approximate surface area is 113 Å². The minimum absolute atomic E-state index is 0.368. The number of nitriles is 1. The van der Waals surface area contributed by atoms with Gasteiger partial charge in [-0.2, -0.15) is 5.26 Å². The Morgan fingerprint density at radius 3 is 3.00 bits per heavy atom. The fourth-order valence-corrected chi connectivity index (χ4v) is 3.42. The van der Waals surface area contributed by atoms with Crippen LogP contribution in [-0.4, -0.2) is 28.8 Å². The molecule has 1 saturated heterocycles. The van der Waals surface area contributed by atoms with E-state index < -0.39 is 5.60 Å². The highest BCUT2D eigenvalue weighted by molar-refractivity contribution is 5.42. The molecule has 1 aromatic rings. The average Bonchev–Trinajstić information content (AvgIpc) is 2.46. The smallest absolute Gasteiger partial charge is 0.128 e. The highest BCUT2D eigenvalue weighted by Gasteiger charge is 2.42. The standard InChI is InChI=1S/C15H19N3O/c16-9-12-4-5-14(17-10-12)18-8-7-15(19)6-2-1-3-13(15)11-18/h4-5,10,13,19H,1-3,6-8,11H2. The molecule has 0 radical (unpaired) electrons. The molecule has 2 aliphatic rings. The first-order chi connectivity index (χ1) is 9.21. The molecule has 1 aliphatic heterocycles. The van der Waals surface area contributed by atoms with Crippen molar-refractivity contribution in [2.24, 2.45) is 5.92 Å². The predicted molar refractivity (Wildman–Crippen MR) is 72.7 cm³/mol. The van der Waals surface area contributed by atoms with E-state index in [2.05, 4.69) is 16.0 Å². The van der Waals surface area contributed by atoms with Gasteiger partial charge in [0.1, 0.15) is 11.9 Å². The Bertz CT molecular complexity index is 493. The van der Waals surface area contributed by atoms with E-state index in [1.807, 2.05) is 12.1 Å². The molecule has 0 bridgehead atoms. The maximum atomic E-state index is 10.6. The number of nitrogens with zero attached hydrogens (tertiary/aromatic N) is 3. The van der Waals surface area contributed by atoms with E-state index in [0.29, 0.717) is 11.5 Å². The topological polar surface area (TPSA) is 60.2 Å². The number of rotatable bonds is 1. The molecule has 3 rings (SSSR count). The summed E-state index contributed by atoms with van der Waals surface area (Å²) in [5, 5.41) is 19.4. The SMILES string of the molecule is N#Cc1ccc(N2CCC3(O)CCCCC3C2)nc1. The van der Waals surface area contributed by atoms with E-state index in [9.17, 15) is 5.11 Å². The van der Waals surface area contributed by atoms with Crippen LogP contribution >= 0.6 is 0 Å². The first kappa shape index (κ1) is 12.4. The summed E-state index contributed by atoms with van der Waals surface area (Å²) in [6.45, 7) is 1.74. The third kappa shape index (κ3) is 2.31. The van der Waals surface area contributed by atoms with Crippen LogP contribution in [0.1, 0.15) is 37.7 Å². The number of hydrogen-bond donors (Lipinski definition) is 1. The van der Waals surface area contributed by atoms with Crippen molar-refractivity contribution < 1.29 is 5.11 Å². The van der Waals surface area contributed by atoms with Crippen molar-refractivity contribution in [3.63, 3.8) is 0 Å². The van der Waals surface area contributed by atoms with Gasteiger partial charge in [0.15, 0.2) is 0 Å². The zero-order chi connectivity index (χ0) is 13.3. The maximum Gasteiger partial charge on any atom is 0.128 e. The zero-order valence-corrected chi connectivity index (χ0v) is 11.0. The Hall–Kier alpha value is -1.60. The lowest BCUT2D eigenvalue weighted by molar-refractivity contribution is -0.0613. The predicted octanol–water partition coefficient (Wildman–Crippen LogP) is 2.08. The van der Waals surface area contributed by atoms with Crippen molar-refractivity contribution in [1.82, 2.24) is 4.98 Å². The molecule has 2 atom stereocenters. The van der Waals surface area contributed by atoms with Crippen LogP contribution in [-0.2, 0) is 0 Å². The van der Waals surface area contributed by atoms with Crippen LogP contribution in [0.5, 0.6) is 0 Å². The highest BCUT2D eigenvalue weighted by atomic mass is 16.3. The van der Waals surface area contributed by atoms with Gasteiger partial charge in [0.25, 0.3) is 0 Å². The number of aromatic nitrogens is 1. The summed E-state index contributed by atoms with van der Waals surface area (Å²) in [6, 6.07) is 5.81. The van der Waals surface area contributed by atoms with Crippen LogP contribution in [0.3, 0.4) is 0 Å². The Morgan fingerprint density at radius 1 is 1.37 bits per heavy atom. The third-order valence-electron chi connectivity index (χ3n) is 4.63. The van der Waals surface area contributed by atoms with E-state index in [-0.39, 0.29) is 0 Å². The van der Waals surface area contributed by atoms with Gasteiger partial charge in [-0.15, -0.1) is 0 Å². The van der Waals surface area contributed by atoms with E-state index >= 15 is 0 Å². The lowest BCUT2D eigenvalue weighted by Crippen LogP contribution is -2.53. The molecule has 4 heteroatoms. The molecule has 0 spiro atoms. The second kappa shape index (κ2) is 4.82. The summed E-state index contributed by atoms with van der Waals surface area (Å²) in [7, 11) is 0. The number of piperidine rings is 1. The molecule has 4 nitrogen and oxygen atoms in total. The number of anilines is 1. The lowest BCUT2D eigenvalue weighted by Gasteiger charge is -2.47.